The quantitative estimate of drug-likeness (QED) is 0.842. The van der Waals surface area contributed by atoms with Crippen molar-refractivity contribution >= 4 is 17.4 Å². The van der Waals surface area contributed by atoms with Crippen LogP contribution >= 0.6 is 11.8 Å². The van der Waals surface area contributed by atoms with E-state index < -0.39 is 0 Å². The summed E-state index contributed by atoms with van der Waals surface area (Å²) in [5, 5.41) is 7.88. The van der Waals surface area contributed by atoms with Crippen LogP contribution in [0.4, 0.5) is 5.69 Å². The Hall–Kier alpha value is -0.680. The van der Waals surface area contributed by atoms with Gasteiger partial charge in [-0.1, -0.05) is 0 Å². The second-order valence-corrected chi connectivity index (χ2v) is 5.65. The fourth-order valence-corrected chi connectivity index (χ4v) is 2.90. The molecule has 1 N–H and O–H groups in total. The van der Waals surface area contributed by atoms with Crippen LogP contribution in [0, 0.1) is 0 Å². The zero-order valence-electron chi connectivity index (χ0n) is 10.0. The van der Waals surface area contributed by atoms with Crippen LogP contribution < -0.4 is 5.32 Å². The Balaban J connectivity index is 1.81. The van der Waals surface area contributed by atoms with E-state index in [1.165, 1.54) is 17.9 Å². The molecule has 0 bridgehead atoms. The highest BCUT2D eigenvalue weighted by Crippen LogP contribution is 2.20. The lowest BCUT2D eigenvalue weighted by atomic mass is 10.2. The van der Waals surface area contributed by atoms with Crippen LogP contribution in [0.15, 0.2) is 12.4 Å². The number of nitrogens with zero attached hydrogens (tertiary/aromatic N) is 3. The van der Waals surface area contributed by atoms with Crippen molar-refractivity contribution in [2.75, 3.05) is 37.5 Å². The minimum atomic E-state index is 0.636. The molecule has 0 spiro atoms. The van der Waals surface area contributed by atoms with Crippen molar-refractivity contribution < 1.29 is 0 Å². The highest BCUT2D eigenvalue weighted by molar-refractivity contribution is 7.99. The molecule has 1 fully saturated rings. The first-order chi connectivity index (χ1) is 7.74. The lowest BCUT2D eigenvalue weighted by Crippen LogP contribution is -2.19. The summed E-state index contributed by atoms with van der Waals surface area (Å²) in [6.45, 7) is 1.98. The molecule has 1 saturated heterocycles. The summed E-state index contributed by atoms with van der Waals surface area (Å²) in [6, 6.07) is 0.636. The largest absolute Gasteiger partial charge is 0.379 e. The lowest BCUT2D eigenvalue weighted by molar-refractivity contribution is 0.373. The Bertz CT molecular complexity index is 318. The summed E-state index contributed by atoms with van der Waals surface area (Å²) in [6.07, 6.45) is 5.30. The zero-order valence-corrected chi connectivity index (χ0v) is 10.8. The summed E-state index contributed by atoms with van der Waals surface area (Å²) in [5.41, 5.74) is 1.16. The zero-order chi connectivity index (χ0) is 11.4. The Morgan fingerprint density at radius 1 is 1.62 bits per heavy atom. The molecular formula is C11H20N4S. The van der Waals surface area contributed by atoms with Crippen molar-refractivity contribution in [3.63, 3.8) is 0 Å². The summed E-state index contributed by atoms with van der Waals surface area (Å²) in [4.78, 5) is 2.17. The first kappa shape index (κ1) is 11.8. The fourth-order valence-electron chi connectivity index (χ4n) is 1.75. The van der Waals surface area contributed by atoms with Gasteiger partial charge in [-0.3, -0.25) is 4.68 Å². The van der Waals surface area contributed by atoms with Gasteiger partial charge in [0.2, 0.25) is 0 Å². The highest BCUT2D eigenvalue weighted by atomic mass is 32.2. The average Bonchev–Trinajstić information content (AvgIpc) is 2.87. The van der Waals surface area contributed by atoms with Gasteiger partial charge in [0.05, 0.1) is 18.4 Å². The van der Waals surface area contributed by atoms with E-state index >= 15 is 0 Å². The molecule has 1 aromatic rings. The second kappa shape index (κ2) is 5.59. The van der Waals surface area contributed by atoms with Gasteiger partial charge in [-0.05, 0) is 26.3 Å². The third kappa shape index (κ3) is 3.42. The molecule has 90 valence electrons. The molecular weight excluding hydrogens is 220 g/mol. The Morgan fingerprint density at radius 2 is 2.50 bits per heavy atom. The van der Waals surface area contributed by atoms with Crippen LogP contribution in [0.5, 0.6) is 0 Å². The maximum atomic E-state index is 4.35. The van der Waals surface area contributed by atoms with Crippen molar-refractivity contribution in [3.05, 3.63) is 12.4 Å². The first-order valence-electron chi connectivity index (χ1n) is 5.75. The number of thioether (sulfide) groups is 1. The lowest BCUT2D eigenvalue weighted by Gasteiger charge is -2.10. The molecule has 0 aliphatic carbocycles. The van der Waals surface area contributed by atoms with E-state index in [4.69, 9.17) is 0 Å². The van der Waals surface area contributed by atoms with E-state index in [0.29, 0.717) is 6.04 Å². The number of aromatic nitrogens is 2. The van der Waals surface area contributed by atoms with Gasteiger partial charge in [0.1, 0.15) is 0 Å². The Labute approximate surface area is 101 Å². The molecule has 1 atom stereocenters. The van der Waals surface area contributed by atoms with Gasteiger partial charge in [0.15, 0.2) is 0 Å². The number of hydrogen-bond acceptors (Lipinski definition) is 4. The summed E-state index contributed by atoms with van der Waals surface area (Å²) >= 11 is 2.03. The standard InChI is InChI=1S/C11H20N4S/c1-14(2)4-5-15-8-11(7-12-15)13-10-3-6-16-9-10/h7-8,10,13H,3-6,9H2,1-2H3. The normalized spacial score (nSPS) is 20.6. The van der Waals surface area contributed by atoms with Crippen LogP contribution in [0.25, 0.3) is 0 Å². The van der Waals surface area contributed by atoms with E-state index in [1.54, 1.807) is 0 Å². The maximum absolute atomic E-state index is 4.35. The Kier molecular flexibility index (Phi) is 4.12. The van der Waals surface area contributed by atoms with Crippen molar-refractivity contribution in [2.45, 2.75) is 19.0 Å². The minimum Gasteiger partial charge on any atom is -0.379 e. The molecule has 1 aliphatic rings. The van der Waals surface area contributed by atoms with Crippen LogP contribution in [0.3, 0.4) is 0 Å². The molecule has 2 rings (SSSR count). The number of rotatable bonds is 5. The molecule has 0 aromatic carbocycles. The van der Waals surface area contributed by atoms with Crippen molar-refractivity contribution in [1.82, 2.24) is 14.7 Å². The van der Waals surface area contributed by atoms with Gasteiger partial charge < -0.3 is 10.2 Å². The van der Waals surface area contributed by atoms with Crippen LogP contribution in [0.1, 0.15) is 6.42 Å². The highest BCUT2D eigenvalue weighted by Gasteiger charge is 2.15. The molecule has 5 heteroatoms. The van der Waals surface area contributed by atoms with Gasteiger partial charge in [-0.15, -0.1) is 0 Å². The van der Waals surface area contributed by atoms with E-state index in [-0.39, 0.29) is 0 Å². The monoisotopic (exact) mass is 240 g/mol. The van der Waals surface area contributed by atoms with Crippen LogP contribution in [-0.4, -0.2) is 52.9 Å². The molecule has 16 heavy (non-hydrogen) atoms. The number of anilines is 1. The maximum Gasteiger partial charge on any atom is 0.0728 e. The predicted molar refractivity (Wildman–Crippen MR) is 70.1 cm³/mol. The number of nitrogens with one attached hydrogen (secondary N) is 1. The topological polar surface area (TPSA) is 33.1 Å². The average molecular weight is 240 g/mol. The third-order valence-electron chi connectivity index (χ3n) is 2.71. The summed E-state index contributed by atoms with van der Waals surface area (Å²) in [5.74, 6) is 2.51. The van der Waals surface area contributed by atoms with E-state index in [0.717, 1.165) is 18.8 Å². The van der Waals surface area contributed by atoms with Gasteiger partial charge in [0.25, 0.3) is 0 Å². The number of likely N-dealkylation sites (N-methyl/N-ethyl adjacent to an activating group) is 1. The molecule has 0 radical (unpaired) electrons. The smallest absolute Gasteiger partial charge is 0.0728 e. The molecule has 1 aromatic heterocycles. The molecule has 1 aliphatic heterocycles. The third-order valence-corrected chi connectivity index (χ3v) is 3.87. The molecule has 2 heterocycles. The Morgan fingerprint density at radius 3 is 3.19 bits per heavy atom. The van der Waals surface area contributed by atoms with Gasteiger partial charge >= 0.3 is 0 Å². The van der Waals surface area contributed by atoms with E-state index in [1.807, 2.05) is 22.6 Å². The molecule has 4 nitrogen and oxygen atoms in total. The SMILES string of the molecule is CN(C)CCn1cc(NC2CCSC2)cn1. The molecule has 1 unspecified atom stereocenters. The fraction of sp³-hybridized carbons (Fsp3) is 0.727. The first-order valence-corrected chi connectivity index (χ1v) is 6.91. The van der Waals surface area contributed by atoms with Crippen molar-refractivity contribution in [3.8, 4) is 0 Å². The minimum absolute atomic E-state index is 0.636. The summed E-state index contributed by atoms with van der Waals surface area (Å²) in [7, 11) is 4.16. The van der Waals surface area contributed by atoms with E-state index in [2.05, 4.69) is 35.6 Å². The van der Waals surface area contributed by atoms with Crippen LogP contribution in [0.2, 0.25) is 0 Å². The number of hydrogen-bond donors (Lipinski definition) is 1. The van der Waals surface area contributed by atoms with Crippen molar-refractivity contribution in [2.24, 2.45) is 0 Å². The van der Waals surface area contributed by atoms with E-state index in [9.17, 15) is 0 Å². The summed E-state index contributed by atoms with van der Waals surface area (Å²) < 4.78 is 2.00. The van der Waals surface area contributed by atoms with Gasteiger partial charge in [0, 0.05) is 24.5 Å². The molecule has 0 amide bonds. The van der Waals surface area contributed by atoms with Crippen molar-refractivity contribution in [1.29, 1.82) is 0 Å². The van der Waals surface area contributed by atoms with Gasteiger partial charge in [-0.25, -0.2) is 0 Å². The second-order valence-electron chi connectivity index (χ2n) is 4.50. The predicted octanol–water partition coefficient (Wildman–Crippen LogP) is 1.36. The molecule has 0 saturated carbocycles. The van der Waals surface area contributed by atoms with Crippen LogP contribution in [-0.2, 0) is 6.54 Å². The van der Waals surface area contributed by atoms with Gasteiger partial charge in [-0.2, -0.15) is 16.9 Å².